The Morgan fingerprint density at radius 3 is 2.47 bits per heavy atom. The van der Waals surface area contributed by atoms with Gasteiger partial charge in [0.05, 0.1) is 11.6 Å². The van der Waals surface area contributed by atoms with Crippen LogP contribution in [0.1, 0.15) is 11.1 Å². The van der Waals surface area contributed by atoms with Crippen molar-refractivity contribution < 1.29 is 0 Å². The molecular weight excluding hydrogens is 230 g/mol. The number of nitriles is 1. The van der Waals surface area contributed by atoms with Crippen LogP contribution < -0.4 is 0 Å². The molecule has 1 heteroatoms. The molecule has 0 saturated carbocycles. The molecule has 0 saturated heterocycles. The molecule has 1 nitrogen and oxygen atoms in total. The van der Waals surface area contributed by atoms with E-state index in [9.17, 15) is 5.26 Å². The van der Waals surface area contributed by atoms with Crippen LogP contribution in [0.2, 0.25) is 0 Å². The third-order valence-corrected chi connectivity index (χ3v) is 3.38. The summed E-state index contributed by atoms with van der Waals surface area (Å²) in [5.74, 6) is 0. The van der Waals surface area contributed by atoms with Gasteiger partial charge in [-0.1, -0.05) is 54.6 Å². The summed E-state index contributed by atoms with van der Waals surface area (Å²) >= 11 is 0. The fourth-order valence-electron chi connectivity index (χ4n) is 2.45. The van der Waals surface area contributed by atoms with Gasteiger partial charge in [0.2, 0.25) is 0 Å². The van der Waals surface area contributed by atoms with Gasteiger partial charge >= 0.3 is 0 Å². The van der Waals surface area contributed by atoms with E-state index in [1.807, 2.05) is 37.3 Å². The first-order chi connectivity index (χ1) is 9.29. The van der Waals surface area contributed by atoms with Crippen molar-refractivity contribution in [1.29, 1.82) is 5.26 Å². The first-order valence-corrected chi connectivity index (χ1v) is 6.28. The number of fused-ring (bicyclic) bond motifs is 1. The second kappa shape index (κ2) is 4.59. The zero-order valence-corrected chi connectivity index (χ0v) is 10.7. The highest BCUT2D eigenvalue weighted by atomic mass is 14.2. The lowest BCUT2D eigenvalue weighted by atomic mass is 9.94. The normalized spacial score (nSPS) is 10.3. The first-order valence-electron chi connectivity index (χ1n) is 6.28. The molecule has 0 bridgehead atoms. The van der Waals surface area contributed by atoms with Crippen molar-refractivity contribution in [2.24, 2.45) is 0 Å². The maximum atomic E-state index is 9.33. The van der Waals surface area contributed by atoms with E-state index in [-0.39, 0.29) is 0 Å². The van der Waals surface area contributed by atoms with E-state index >= 15 is 0 Å². The summed E-state index contributed by atoms with van der Waals surface area (Å²) in [7, 11) is 0. The molecule has 3 aromatic carbocycles. The largest absolute Gasteiger partial charge is 0.192 e. The molecule has 0 N–H and O–H groups in total. The third kappa shape index (κ3) is 1.98. The Labute approximate surface area is 112 Å². The molecule has 3 aromatic rings. The number of aryl methyl sites for hydroxylation is 1. The minimum atomic E-state index is 0.733. The molecule has 0 amide bonds. The maximum Gasteiger partial charge on any atom is 0.0998 e. The van der Waals surface area contributed by atoms with Crippen molar-refractivity contribution in [3.63, 3.8) is 0 Å². The first kappa shape index (κ1) is 11.5. The second-order valence-corrected chi connectivity index (χ2v) is 4.69. The van der Waals surface area contributed by atoms with Gasteiger partial charge in [-0.3, -0.25) is 0 Å². The standard InChI is InChI=1S/C18H13N/c1-13-9-10-17(15(11-13)12-19)18-8-4-6-14-5-2-3-7-16(14)18/h2-11H,1H3. The zero-order valence-electron chi connectivity index (χ0n) is 10.7. The van der Waals surface area contributed by atoms with E-state index in [1.165, 1.54) is 10.8 Å². The lowest BCUT2D eigenvalue weighted by Crippen LogP contribution is -1.87. The van der Waals surface area contributed by atoms with Crippen molar-refractivity contribution in [3.05, 3.63) is 71.8 Å². The van der Waals surface area contributed by atoms with Crippen molar-refractivity contribution in [2.75, 3.05) is 0 Å². The van der Waals surface area contributed by atoms with Gasteiger partial charge in [0.15, 0.2) is 0 Å². The maximum absolute atomic E-state index is 9.33. The van der Waals surface area contributed by atoms with Crippen LogP contribution in [0.5, 0.6) is 0 Å². The van der Waals surface area contributed by atoms with Crippen LogP contribution in [0, 0.1) is 18.3 Å². The number of rotatable bonds is 1. The molecule has 0 aliphatic heterocycles. The summed E-state index contributed by atoms with van der Waals surface area (Å²) in [5, 5.41) is 11.7. The Hall–Kier alpha value is -2.59. The Bertz CT molecular complexity index is 789. The Balaban J connectivity index is 2.34. The van der Waals surface area contributed by atoms with Gasteiger partial charge in [-0.15, -0.1) is 0 Å². The molecule has 0 aliphatic carbocycles. The number of nitrogens with zero attached hydrogens (tertiary/aromatic N) is 1. The van der Waals surface area contributed by atoms with Gasteiger partial charge in [-0.2, -0.15) is 5.26 Å². The van der Waals surface area contributed by atoms with Gasteiger partial charge in [0, 0.05) is 5.56 Å². The smallest absolute Gasteiger partial charge is 0.0998 e. The van der Waals surface area contributed by atoms with E-state index < -0.39 is 0 Å². The highest BCUT2D eigenvalue weighted by Crippen LogP contribution is 2.31. The molecular formula is C18H13N. The zero-order chi connectivity index (χ0) is 13.2. The van der Waals surface area contributed by atoms with E-state index in [4.69, 9.17) is 0 Å². The number of hydrogen-bond acceptors (Lipinski definition) is 1. The quantitative estimate of drug-likeness (QED) is 0.608. The average Bonchev–Trinajstić information content (AvgIpc) is 2.46. The average molecular weight is 243 g/mol. The van der Waals surface area contributed by atoms with Crippen molar-refractivity contribution in [2.45, 2.75) is 6.92 Å². The predicted molar refractivity (Wildman–Crippen MR) is 78.8 cm³/mol. The highest BCUT2D eigenvalue weighted by molar-refractivity contribution is 5.97. The molecule has 0 aromatic heterocycles. The molecule has 0 spiro atoms. The van der Waals surface area contributed by atoms with Gasteiger partial charge in [-0.05, 0) is 34.9 Å². The van der Waals surface area contributed by atoms with Crippen LogP contribution in [-0.4, -0.2) is 0 Å². The SMILES string of the molecule is Cc1ccc(-c2cccc3ccccc23)c(C#N)c1. The highest BCUT2D eigenvalue weighted by Gasteiger charge is 2.08. The summed E-state index contributed by atoms with van der Waals surface area (Å²) in [5.41, 5.74) is 3.97. The van der Waals surface area contributed by atoms with Crippen LogP contribution in [0.15, 0.2) is 60.7 Å². The molecule has 0 atom stereocenters. The lowest BCUT2D eigenvalue weighted by molar-refractivity contribution is 1.42. The van der Waals surface area contributed by atoms with Gasteiger partial charge < -0.3 is 0 Å². The van der Waals surface area contributed by atoms with Crippen LogP contribution in [0.4, 0.5) is 0 Å². The molecule has 0 fully saturated rings. The van der Waals surface area contributed by atoms with Crippen LogP contribution >= 0.6 is 0 Å². The second-order valence-electron chi connectivity index (χ2n) is 4.69. The van der Waals surface area contributed by atoms with Crippen LogP contribution in [0.25, 0.3) is 21.9 Å². The van der Waals surface area contributed by atoms with Crippen LogP contribution in [0.3, 0.4) is 0 Å². The predicted octanol–water partition coefficient (Wildman–Crippen LogP) is 4.69. The monoisotopic (exact) mass is 243 g/mol. The number of hydrogen-bond donors (Lipinski definition) is 0. The summed E-state index contributed by atoms with van der Waals surface area (Å²) in [6, 6.07) is 22.8. The van der Waals surface area contributed by atoms with Gasteiger partial charge in [0.1, 0.15) is 0 Å². The summed E-state index contributed by atoms with van der Waals surface area (Å²) in [6.45, 7) is 2.01. The fourth-order valence-corrected chi connectivity index (χ4v) is 2.45. The number of benzene rings is 3. The molecule has 0 heterocycles. The van der Waals surface area contributed by atoms with E-state index in [1.54, 1.807) is 0 Å². The molecule has 19 heavy (non-hydrogen) atoms. The molecule has 90 valence electrons. The Morgan fingerprint density at radius 1 is 0.842 bits per heavy atom. The third-order valence-electron chi connectivity index (χ3n) is 3.38. The topological polar surface area (TPSA) is 23.8 Å². The molecule has 0 radical (unpaired) electrons. The van der Waals surface area contributed by atoms with Crippen molar-refractivity contribution in [3.8, 4) is 17.2 Å². The Kier molecular flexibility index (Phi) is 2.78. The fraction of sp³-hybridized carbons (Fsp3) is 0.0556. The minimum absolute atomic E-state index is 0.733. The summed E-state index contributed by atoms with van der Waals surface area (Å²) < 4.78 is 0. The Morgan fingerprint density at radius 2 is 1.63 bits per heavy atom. The molecule has 3 rings (SSSR count). The molecule has 0 aliphatic rings. The van der Waals surface area contributed by atoms with E-state index in [2.05, 4.69) is 36.4 Å². The molecule has 0 unspecified atom stereocenters. The van der Waals surface area contributed by atoms with Gasteiger partial charge in [-0.25, -0.2) is 0 Å². The van der Waals surface area contributed by atoms with E-state index in [0.717, 1.165) is 22.3 Å². The van der Waals surface area contributed by atoms with Gasteiger partial charge in [0.25, 0.3) is 0 Å². The summed E-state index contributed by atoms with van der Waals surface area (Å²) in [4.78, 5) is 0. The summed E-state index contributed by atoms with van der Waals surface area (Å²) in [6.07, 6.45) is 0. The van der Waals surface area contributed by atoms with E-state index in [0.29, 0.717) is 0 Å². The minimum Gasteiger partial charge on any atom is -0.192 e. The van der Waals surface area contributed by atoms with Crippen LogP contribution in [-0.2, 0) is 0 Å². The lowest BCUT2D eigenvalue weighted by Gasteiger charge is -2.09. The van der Waals surface area contributed by atoms with Crippen molar-refractivity contribution >= 4 is 10.8 Å². The van der Waals surface area contributed by atoms with Crippen molar-refractivity contribution in [1.82, 2.24) is 0 Å².